The van der Waals surface area contributed by atoms with Crippen molar-refractivity contribution in [3.63, 3.8) is 0 Å². The number of hydrogen-bond acceptors (Lipinski definition) is 3. The number of rotatable bonds is 11. The van der Waals surface area contributed by atoms with E-state index in [4.69, 9.17) is 11.6 Å². The average molecular weight is 451 g/mol. The molecule has 0 aromatic heterocycles. The number of carbonyl (C=O) groups excluding carboxylic acids is 2. The third kappa shape index (κ3) is 7.33. The van der Waals surface area contributed by atoms with E-state index in [0.29, 0.717) is 22.9 Å². The smallest absolute Gasteiger partial charge is 0.242 e. The number of unbranched alkanes of at least 4 members (excludes halogenated alkanes) is 1. The Hall–Kier alpha value is -2.05. The average Bonchev–Trinajstić information content (AvgIpc) is 2.74. The van der Waals surface area contributed by atoms with Crippen molar-refractivity contribution in [1.29, 1.82) is 0 Å². The van der Waals surface area contributed by atoms with E-state index in [9.17, 15) is 14.0 Å². The number of nitrogens with one attached hydrogen (secondary N) is 1. The molecule has 2 aromatic rings. The molecule has 1 atom stereocenters. The Morgan fingerprint density at radius 2 is 1.80 bits per heavy atom. The number of hydrogen-bond donors (Lipinski definition) is 1. The van der Waals surface area contributed by atoms with Crippen LogP contribution in [0, 0.1) is 5.82 Å². The second-order valence-corrected chi connectivity index (χ2v) is 8.41. The summed E-state index contributed by atoms with van der Waals surface area (Å²) in [5.41, 5.74) is 1.33. The lowest BCUT2D eigenvalue weighted by Gasteiger charge is -2.29. The first kappa shape index (κ1) is 24.2. The third-order valence-electron chi connectivity index (χ3n) is 4.74. The largest absolute Gasteiger partial charge is 0.354 e. The quantitative estimate of drug-likeness (QED) is 0.487. The van der Waals surface area contributed by atoms with Gasteiger partial charge in [-0.25, -0.2) is 4.39 Å². The summed E-state index contributed by atoms with van der Waals surface area (Å²) in [4.78, 5) is 27.0. The maximum Gasteiger partial charge on any atom is 0.242 e. The van der Waals surface area contributed by atoms with Crippen molar-refractivity contribution in [2.75, 3.05) is 12.3 Å². The Morgan fingerprint density at radius 3 is 2.47 bits per heavy atom. The first-order valence-electron chi connectivity index (χ1n) is 10.1. The Bertz CT molecular complexity index is 849. The van der Waals surface area contributed by atoms with E-state index >= 15 is 0 Å². The van der Waals surface area contributed by atoms with Gasteiger partial charge < -0.3 is 10.2 Å². The van der Waals surface area contributed by atoms with Crippen molar-refractivity contribution >= 4 is 35.2 Å². The zero-order chi connectivity index (χ0) is 21.9. The molecule has 0 heterocycles. The second kappa shape index (κ2) is 12.6. The molecule has 7 heteroatoms. The summed E-state index contributed by atoms with van der Waals surface area (Å²) in [6, 6.07) is 13.1. The molecule has 2 amide bonds. The van der Waals surface area contributed by atoms with Crippen LogP contribution in [-0.2, 0) is 21.9 Å². The predicted octanol–water partition coefficient (Wildman–Crippen LogP) is 5.05. The van der Waals surface area contributed by atoms with Gasteiger partial charge in [0.25, 0.3) is 0 Å². The van der Waals surface area contributed by atoms with E-state index < -0.39 is 11.9 Å². The Morgan fingerprint density at radius 1 is 1.13 bits per heavy atom. The number of thioether (sulfide) groups is 1. The van der Waals surface area contributed by atoms with E-state index in [2.05, 4.69) is 5.32 Å². The van der Waals surface area contributed by atoms with Crippen LogP contribution in [0.2, 0.25) is 5.02 Å². The van der Waals surface area contributed by atoms with Gasteiger partial charge in [0.1, 0.15) is 11.9 Å². The highest BCUT2D eigenvalue weighted by Gasteiger charge is 2.26. The molecular weight excluding hydrogens is 423 g/mol. The molecular formula is C23H28ClFN2O2S. The fraction of sp³-hybridized carbons (Fsp3) is 0.391. The highest BCUT2D eigenvalue weighted by molar-refractivity contribution is 7.99. The van der Waals surface area contributed by atoms with Crippen LogP contribution in [-0.4, -0.2) is 35.1 Å². The number of benzene rings is 2. The van der Waals surface area contributed by atoms with Gasteiger partial charge in [0.2, 0.25) is 11.8 Å². The molecule has 2 aromatic carbocycles. The molecule has 0 bridgehead atoms. The molecule has 30 heavy (non-hydrogen) atoms. The molecule has 0 radical (unpaired) electrons. The first-order valence-corrected chi connectivity index (χ1v) is 11.6. The number of amides is 2. The molecule has 0 spiro atoms. The normalized spacial score (nSPS) is 11.7. The SMILES string of the molecule is CCCCNC(=O)[C@@H](C)N(Cc1ccccc1F)C(=O)CSCc1ccccc1Cl. The highest BCUT2D eigenvalue weighted by atomic mass is 35.5. The van der Waals surface area contributed by atoms with Gasteiger partial charge in [0, 0.05) is 29.4 Å². The maximum atomic E-state index is 14.2. The van der Waals surface area contributed by atoms with Crippen LogP contribution in [0.3, 0.4) is 0 Å². The van der Waals surface area contributed by atoms with Gasteiger partial charge >= 0.3 is 0 Å². The lowest BCUT2D eigenvalue weighted by Crippen LogP contribution is -2.48. The van der Waals surface area contributed by atoms with Gasteiger partial charge in [-0.1, -0.05) is 61.3 Å². The van der Waals surface area contributed by atoms with Gasteiger partial charge in [-0.05, 0) is 31.0 Å². The summed E-state index contributed by atoms with van der Waals surface area (Å²) >= 11 is 7.60. The molecule has 0 unspecified atom stereocenters. The van der Waals surface area contributed by atoms with Crippen LogP contribution in [0.1, 0.15) is 37.8 Å². The van der Waals surface area contributed by atoms with Crippen LogP contribution in [0.5, 0.6) is 0 Å². The van der Waals surface area contributed by atoms with Crippen LogP contribution in [0.25, 0.3) is 0 Å². The van der Waals surface area contributed by atoms with Gasteiger partial charge in [0.15, 0.2) is 0 Å². The molecule has 0 saturated carbocycles. The van der Waals surface area contributed by atoms with Gasteiger partial charge in [0.05, 0.1) is 5.75 Å². The number of carbonyl (C=O) groups is 2. The molecule has 0 aliphatic rings. The van der Waals surface area contributed by atoms with Gasteiger partial charge in [-0.15, -0.1) is 11.8 Å². The van der Waals surface area contributed by atoms with Crippen molar-refractivity contribution in [2.45, 2.75) is 45.0 Å². The monoisotopic (exact) mass is 450 g/mol. The topological polar surface area (TPSA) is 49.4 Å². The Balaban J connectivity index is 2.07. The van der Waals surface area contributed by atoms with Crippen molar-refractivity contribution in [1.82, 2.24) is 10.2 Å². The minimum absolute atomic E-state index is 0.0422. The predicted molar refractivity (Wildman–Crippen MR) is 122 cm³/mol. The summed E-state index contributed by atoms with van der Waals surface area (Å²) in [7, 11) is 0. The van der Waals surface area contributed by atoms with Crippen LogP contribution in [0.4, 0.5) is 4.39 Å². The van der Waals surface area contributed by atoms with Crippen molar-refractivity contribution < 1.29 is 14.0 Å². The molecule has 0 aliphatic carbocycles. The summed E-state index contributed by atoms with van der Waals surface area (Å²) in [6.07, 6.45) is 1.83. The van der Waals surface area contributed by atoms with Crippen LogP contribution >= 0.6 is 23.4 Å². The lowest BCUT2D eigenvalue weighted by molar-refractivity contribution is -0.138. The highest BCUT2D eigenvalue weighted by Crippen LogP contribution is 2.22. The van der Waals surface area contributed by atoms with E-state index in [1.807, 2.05) is 31.2 Å². The number of nitrogens with zero attached hydrogens (tertiary/aromatic N) is 1. The van der Waals surface area contributed by atoms with E-state index in [1.54, 1.807) is 25.1 Å². The summed E-state index contributed by atoms with van der Waals surface area (Å²) in [5, 5.41) is 3.51. The van der Waals surface area contributed by atoms with Gasteiger partial charge in [-0.2, -0.15) is 0 Å². The molecule has 1 N–H and O–H groups in total. The summed E-state index contributed by atoms with van der Waals surface area (Å²) < 4.78 is 14.2. The minimum Gasteiger partial charge on any atom is -0.354 e. The zero-order valence-corrected chi connectivity index (χ0v) is 18.9. The minimum atomic E-state index is -0.699. The number of halogens is 2. The van der Waals surface area contributed by atoms with E-state index in [1.165, 1.54) is 22.7 Å². The standard InChI is InChI=1S/C23H28ClFN2O2S/c1-3-4-13-26-23(29)17(2)27(14-18-9-6-8-12-21(18)25)22(28)16-30-15-19-10-5-7-11-20(19)24/h5-12,17H,3-4,13-16H2,1-2H3,(H,26,29)/t17-/m1/s1. The Kier molecular flexibility index (Phi) is 10.2. The molecule has 2 rings (SSSR count). The maximum absolute atomic E-state index is 14.2. The Labute approximate surface area is 187 Å². The van der Waals surface area contributed by atoms with Crippen LogP contribution in [0.15, 0.2) is 48.5 Å². The second-order valence-electron chi connectivity index (χ2n) is 7.02. The first-order chi connectivity index (χ1) is 14.4. The van der Waals surface area contributed by atoms with Crippen molar-refractivity contribution in [2.24, 2.45) is 0 Å². The zero-order valence-electron chi connectivity index (χ0n) is 17.4. The van der Waals surface area contributed by atoms with E-state index in [-0.39, 0.29) is 24.1 Å². The van der Waals surface area contributed by atoms with Crippen molar-refractivity contribution in [3.05, 3.63) is 70.5 Å². The fourth-order valence-corrected chi connectivity index (χ4v) is 4.07. The molecule has 0 aliphatic heterocycles. The molecule has 162 valence electrons. The molecule has 0 saturated heterocycles. The molecule has 0 fully saturated rings. The summed E-state index contributed by atoms with van der Waals surface area (Å²) in [5.74, 6) is -0.0854. The van der Waals surface area contributed by atoms with E-state index in [0.717, 1.165) is 18.4 Å². The summed E-state index contributed by atoms with van der Waals surface area (Å²) in [6.45, 7) is 4.32. The van der Waals surface area contributed by atoms with Crippen LogP contribution < -0.4 is 5.32 Å². The van der Waals surface area contributed by atoms with Gasteiger partial charge in [-0.3, -0.25) is 9.59 Å². The molecule has 4 nitrogen and oxygen atoms in total. The fourth-order valence-electron chi connectivity index (χ4n) is 2.88. The lowest BCUT2D eigenvalue weighted by atomic mass is 10.1. The third-order valence-corrected chi connectivity index (χ3v) is 6.07. The van der Waals surface area contributed by atoms with Crippen molar-refractivity contribution in [3.8, 4) is 0 Å².